The number of fused-ring (bicyclic) bond motifs is 5. The molecule has 0 saturated heterocycles. The van der Waals surface area contributed by atoms with Crippen molar-refractivity contribution >= 4 is 43.4 Å². The third-order valence-corrected chi connectivity index (χ3v) is 9.87. The lowest BCUT2D eigenvalue weighted by Gasteiger charge is -2.22. The van der Waals surface area contributed by atoms with Crippen molar-refractivity contribution in [2.75, 3.05) is 0 Å². The number of rotatable bonds is 4. The molecule has 234 valence electrons. The lowest BCUT2D eigenvalue weighted by atomic mass is 9.83. The standard InChI is InChI=1S/C47H26N4/c48-27-30-22-23-44-41(25-30)35-15-10-11-21-43(35)51(44)47-33(29-50)24-31(28-49)26-42(47)34-14-4-5-16-36(34)46-39-19-8-6-17-37(39)45(32-12-2-1-3-13-32)38-18-7-9-20-40(38)46/h1-26H. The fraction of sp³-hybridized carbons (Fsp3) is 0. The zero-order valence-electron chi connectivity index (χ0n) is 27.3. The number of nitrogens with zero attached hydrogens (tertiary/aromatic N) is 4. The molecule has 0 aliphatic carbocycles. The van der Waals surface area contributed by atoms with Crippen molar-refractivity contribution in [1.82, 2.24) is 4.57 Å². The SMILES string of the molecule is N#Cc1cc(C#N)c(-n2c3ccccc3c3cc(C#N)ccc32)c(-c2ccccc2-c2c3ccccc3c(-c3ccccc3)c3ccccc23)c1. The summed E-state index contributed by atoms with van der Waals surface area (Å²) in [5.74, 6) is 0. The molecule has 0 radical (unpaired) electrons. The van der Waals surface area contributed by atoms with Gasteiger partial charge in [-0.2, -0.15) is 15.8 Å². The Hall–Kier alpha value is -7.45. The highest BCUT2D eigenvalue weighted by Crippen LogP contribution is 2.48. The third-order valence-electron chi connectivity index (χ3n) is 9.87. The van der Waals surface area contributed by atoms with Gasteiger partial charge in [0.25, 0.3) is 0 Å². The highest BCUT2D eigenvalue weighted by atomic mass is 15.0. The summed E-state index contributed by atoms with van der Waals surface area (Å²) < 4.78 is 2.12. The van der Waals surface area contributed by atoms with E-state index in [-0.39, 0.29) is 0 Å². The number of para-hydroxylation sites is 1. The van der Waals surface area contributed by atoms with Crippen molar-refractivity contribution in [3.05, 3.63) is 174 Å². The number of hydrogen-bond donors (Lipinski definition) is 0. The van der Waals surface area contributed by atoms with Crippen molar-refractivity contribution in [3.8, 4) is 57.3 Å². The molecule has 0 bridgehead atoms. The summed E-state index contributed by atoms with van der Waals surface area (Å²) in [6.45, 7) is 0. The summed E-state index contributed by atoms with van der Waals surface area (Å²) in [6.07, 6.45) is 0. The van der Waals surface area contributed by atoms with E-state index in [1.54, 1.807) is 6.07 Å². The van der Waals surface area contributed by atoms with Gasteiger partial charge >= 0.3 is 0 Å². The van der Waals surface area contributed by atoms with Crippen LogP contribution in [0.4, 0.5) is 0 Å². The predicted octanol–water partition coefficient (Wildman–Crippen LogP) is 11.7. The van der Waals surface area contributed by atoms with E-state index < -0.39 is 0 Å². The van der Waals surface area contributed by atoms with Crippen LogP contribution in [0.5, 0.6) is 0 Å². The molecule has 0 unspecified atom stereocenters. The number of hydrogen-bond acceptors (Lipinski definition) is 3. The summed E-state index contributed by atoms with van der Waals surface area (Å²) in [4.78, 5) is 0. The molecule has 1 heterocycles. The van der Waals surface area contributed by atoms with E-state index in [1.807, 2.05) is 60.7 Å². The minimum absolute atomic E-state index is 0.389. The number of aromatic nitrogens is 1. The molecule has 4 nitrogen and oxygen atoms in total. The van der Waals surface area contributed by atoms with Gasteiger partial charge in [-0.15, -0.1) is 0 Å². The van der Waals surface area contributed by atoms with E-state index in [0.717, 1.165) is 71.2 Å². The van der Waals surface area contributed by atoms with Gasteiger partial charge in [0, 0.05) is 16.3 Å². The number of benzene rings is 8. The molecule has 9 aromatic rings. The normalized spacial score (nSPS) is 11.1. The van der Waals surface area contributed by atoms with Gasteiger partial charge in [0.05, 0.1) is 45.5 Å². The van der Waals surface area contributed by atoms with Gasteiger partial charge in [-0.3, -0.25) is 0 Å². The summed E-state index contributed by atoms with van der Waals surface area (Å²) in [6, 6.07) is 60.3. The van der Waals surface area contributed by atoms with Crippen LogP contribution in [-0.2, 0) is 0 Å². The van der Waals surface area contributed by atoms with Crippen molar-refractivity contribution < 1.29 is 0 Å². The van der Waals surface area contributed by atoms with E-state index in [9.17, 15) is 15.8 Å². The predicted molar refractivity (Wildman–Crippen MR) is 206 cm³/mol. The first-order chi connectivity index (χ1) is 25.2. The molecule has 0 saturated carbocycles. The molecule has 0 spiro atoms. The smallest absolute Gasteiger partial charge is 0.101 e. The van der Waals surface area contributed by atoms with Crippen LogP contribution in [0, 0.1) is 34.0 Å². The van der Waals surface area contributed by atoms with Crippen LogP contribution < -0.4 is 0 Å². The Morgan fingerprint density at radius 2 is 0.922 bits per heavy atom. The lowest BCUT2D eigenvalue weighted by molar-refractivity contribution is 1.17. The Bertz CT molecular complexity index is 2940. The van der Waals surface area contributed by atoms with Gasteiger partial charge < -0.3 is 4.57 Å². The molecular formula is C47H26N4. The molecule has 8 aromatic carbocycles. The van der Waals surface area contributed by atoms with Gasteiger partial charge in [-0.25, -0.2) is 0 Å². The Balaban J connectivity index is 1.43. The zero-order valence-corrected chi connectivity index (χ0v) is 27.3. The maximum atomic E-state index is 10.7. The minimum Gasteiger partial charge on any atom is -0.307 e. The van der Waals surface area contributed by atoms with Crippen LogP contribution in [-0.4, -0.2) is 4.57 Å². The van der Waals surface area contributed by atoms with Crippen molar-refractivity contribution in [3.63, 3.8) is 0 Å². The topological polar surface area (TPSA) is 76.3 Å². The molecule has 0 fully saturated rings. The third kappa shape index (κ3) is 4.58. The summed E-state index contributed by atoms with van der Waals surface area (Å²) in [5, 5.41) is 37.2. The largest absolute Gasteiger partial charge is 0.307 e. The van der Waals surface area contributed by atoms with Crippen LogP contribution in [0.1, 0.15) is 16.7 Å². The van der Waals surface area contributed by atoms with Gasteiger partial charge in [0.2, 0.25) is 0 Å². The average Bonchev–Trinajstić information content (AvgIpc) is 3.52. The van der Waals surface area contributed by atoms with Gasteiger partial charge in [-0.1, -0.05) is 121 Å². The summed E-state index contributed by atoms with van der Waals surface area (Å²) in [5.41, 5.74) is 9.93. The van der Waals surface area contributed by atoms with Gasteiger partial charge in [-0.05, 0) is 85.8 Å². The van der Waals surface area contributed by atoms with Crippen molar-refractivity contribution in [2.45, 2.75) is 0 Å². The lowest BCUT2D eigenvalue weighted by Crippen LogP contribution is -2.03. The van der Waals surface area contributed by atoms with Crippen LogP contribution >= 0.6 is 0 Å². The van der Waals surface area contributed by atoms with E-state index in [2.05, 4.69) is 114 Å². The first-order valence-electron chi connectivity index (χ1n) is 16.7. The van der Waals surface area contributed by atoms with E-state index in [1.165, 1.54) is 5.56 Å². The van der Waals surface area contributed by atoms with Crippen LogP contribution in [0.25, 0.3) is 82.4 Å². The molecule has 0 amide bonds. The summed E-state index contributed by atoms with van der Waals surface area (Å²) >= 11 is 0. The Morgan fingerprint density at radius 3 is 1.57 bits per heavy atom. The van der Waals surface area contributed by atoms with Crippen LogP contribution in [0.2, 0.25) is 0 Å². The second-order valence-electron chi connectivity index (χ2n) is 12.6. The van der Waals surface area contributed by atoms with Crippen LogP contribution in [0.15, 0.2) is 158 Å². The van der Waals surface area contributed by atoms with Gasteiger partial charge in [0.15, 0.2) is 0 Å². The first kappa shape index (κ1) is 29.7. The number of nitriles is 3. The Kier molecular flexibility index (Phi) is 6.93. The fourth-order valence-electron chi connectivity index (χ4n) is 7.78. The molecule has 0 N–H and O–H groups in total. The first-order valence-corrected chi connectivity index (χ1v) is 16.7. The molecule has 51 heavy (non-hydrogen) atoms. The molecule has 0 atom stereocenters. The van der Waals surface area contributed by atoms with E-state index >= 15 is 0 Å². The van der Waals surface area contributed by atoms with Gasteiger partial charge in [0.1, 0.15) is 6.07 Å². The Morgan fingerprint density at radius 1 is 0.373 bits per heavy atom. The molecule has 0 aliphatic rings. The second kappa shape index (κ2) is 11.9. The molecule has 4 heteroatoms. The summed E-state index contributed by atoms with van der Waals surface area (Å²) in [7, 11) is 0. The average molecular weight is 647 g/mol. The highest BCUT2D eigenvalue weighted by Gasteiger charge is 2.24. The molecule has 1 aromatic heterocycles. The molecule has 9 rings (SSSR count). The molecular weight excluding hydrogens is 621 g/mol. The van der Waals surface area contributed by atoms with Crippen molar-refractivity contribution in [2.24, 2.45) is 0 Å². The quantitative estimate of drug-likeness (QED) is 0.179. The fourth-order valence-corrected chi connectivity index (χ4v) is 7.78. The maximum Gasteiger partial charge on any atom is 0.101 e. The highest BCUT2D eigenvalue weighted by molar-refractivity contribution is 6.22. The van der Waals surface area contributed by atoms with Crippen LogP contribution in [0.3, 0.4) is 0 Å². The van der Waals surface area contributed by atoms with E-state index in [4.69, 9.17) is 0 Å². The minimum atomic E-state index is 0.389. The maximum absolute atomic E-state index is 10.7. The Labute approximate surface area is 294 Å². The molecule has 0 aliphatic heterocycles. The van der Waals surface area contributed by atoms with Crippen molar-refractivity contribution in [1.29, 1.82) is 15.8 Å². The monoisotopic (exact) mass is 646 g/mol. The van der Waals surface area contributed by atoms with E-state index in [0.29, 0.717) is 22.4 Å². The zero-order chi connectivity index (χ0) is 34.5. The second-order valence-corrected chi connectivity index (χ2v) is 12.6.